The number of fused-ring (bicyclic) bond motifs is 1. The second-order valence-electron chi connectivity index (χ2n) is 3.67. The summed E-state index contributed by atoms with van der Waals surface area (Å²) in [6.45, 7) is 3.66. The lowest BCUT2D eigenvalue weighted by atomic mass is 9.76. The highest BCUT2D eigenvalue weighted by Crippen LogP contribution is 2.30. The van der Waals surface area contributed by atoms with Crippen molar-refractivity contribution in [1.29, 1.82) is 0 Å². The minimum Gasteiger partial charge on any atom is -0.457 e. The number of para-hydroxylation sites is 1. The lowest BCUT2D eigenvalue weighted by Gasteiger charge is -2.02. The van der Waals surface area contributed by atoms with Crippen molar-refractivity contribution in [1.82, 2.24) is 0 Å². The third kappa shape index (κ3) is 1.66. The summed E-state index contributed by atoms with van der Waals surface area (Å²) in [5.74, 6) is 0.540. The normalized spacial score (nSPS) is 12.1. The summed E-state index contributed by atoms with van der Waals surface area (Å²) >= 11 is 0. The molecule has 1 aromatic carbocycles. The molecule has 0 bridgehead atoms. The Kier molecular flexibility index (Phi) is 2.85. The molecule has 82 valence electrons. The molecule has 0 unspecified atom stereocenters. The van der Waals surface area contributed by atoms with Crippen molar-refractivity contribution in [2.24, 2.45) is 0 Å². The summed E-state index contributed by atoms with van der Waals surface area (Å²) in [5.41, 5.74) is 2.08. The number of hydrogen-bond acceptors (Lipinski definition) is 3. The van der Waals surface area contributed by atoms with Crippen molar-refractivity contribution in [3.63, 3.8) is 0 Å². The number of furan rings is 1. The monoisotopic (exact) mass is 216 g/mol. The van der Waals surface area contributed by atoms with Gasteiger partial charge in [-0.25, -0.2) is 0 Å². The maximum absolute atomic E-state index is 9.24. The predicted octanol–water partition coefficient (Wildman–Crippen LogP) is 2.16. The summed E-state index contributed by atoms with van der Waals surface area (Å²) in [6, 6.07) is 7.64. The lowest BCUT2D eigenvalue weighted by molar-refractivity contribution is 0.425. The van der Waals surface area contributed by atoms with E-state index in [1.807, 2.05) is 31.2 Å². The van der Waals surface area contributed by atoms with Gasteiger partial charge in [-0.15, -0.1) is 0 Å². The molecule has 16 heavy (non-hydrogen) atoms. The highest BCUT2D eigenvalue weighted by Gasteiger charge is 2.22. The van der Waals surface area contributed by atoms with E-state index in [1.165, 1.54) is 0 Å². The first-order chi connectivity index (χ1) is 7.65. The zero-order chi connectivity index (χ0) is 11.7. The van der Waals surface area contributed by atoms with E-state index in [0.717, 1.165) is 16.5 Å². The fraction of sp³-hybridized carbons (Fsp3) is 0.167. The van der Waals surface area contributed by atoms with E-state index < -0.39 is 7.12 Å². The van der Waals surface area contributed by atoms with E-state index in [2.05, 4.69) is 0 Å². The molecule has 0 atom stereocenters. The summed E-state index contributed by atoms with van der Waals surface area (Å²) in [4.78, 5) is 0. The minimum absolute atomic E-state index is 0.397. The average molecular weight is 216 g/mol. The molecule has 2 N–H and O–H groups in total. The molecule has 0 amide bonds. The van der Waals surface area contributed by atoms with Crippen molar-refractivity contribution < 1.29 is 14.5 Å². The molecule has 2 rings (SSSR count). The Hall–Kier alpha value is -1.52. The topological polar surface area (TPSA) is 53.6 Å². The van der Waals surface area contributed by atoms with Gasteiger partial charge < -0.3 is 14.5 Å². The molecule has 0 spiro atoms. The van der Waals surface area contributed by atoms with Gasteiger partial charge in [0.1, 0.15) is 11.3 Å². The van der Waals surface area contributed by atoms with Crippen LogP contribution in [0.3, 0.4) is 0 Å². The second-order valence-corrected chi connectivity index (χ2v) is 3.67. The second kappa shape index (κ2) is 4.16. The fourth-order valence-electron chi connectivity index (χ4n) is 1.85. The largest absolute Gasteiger partial charge is 0.491 e. The molecule has 3 nitrogen and oxygen atoms in total. The van der Waals surface area contributed by atoms with Gasteiger partial charge in [-0.1, -0.05) is 24.3 Å². The Morgan fingerprint density at radius 3 is 2.56 bits per heavy atom. The number of aryl methyl sites for hydroxylation is 1. The molecule has 0 saturated carbocycles. The molecule has 4 heteroatoms. The number of allylic oxidation sites excluding steroid dienone is 1. The SMILES string of the molecule is CC=C(B(O)O)c1oc2ccccc2c1C. The highest BCUT2D eigenvalue weighted by molar-refractivity contribution is 6.65. The van der Waals surface area contributed by atoms with Crippen molar-refractivity contribution in [2.75, 3.05) is 0 Å². The van der Waals surface area contributed by atoms with Gasteiger partial charge in [-0.05, 0) is 19.9 Å². The van der Waals surface area contributed by atoms with Crippen molar-refractivity contribution in [3.05, 3.63) is 41.7 Å². The number of rotatable bonds is 2. The van der Waals surface area contributed by atoms with Crippen LogP contribution in [0.15, 0.2) is 34.8 Å². The summed E-state index contributed by atoms with van der Waals surface area (Å²) in [5, 5.41) is 19.5. The third-order valence-electron chi connectivity index (χ3n) is 2.70. The lowest BCUT2D eigenvalue weighted by Crippen LogP contribution is -2.14. The van der Waals surface area contributed by atoms with Crippen LogP contribution in [-0.4, -0.2) is 17.2 Å². The van der Waals surface area contributed by atoms with Gasteiger partial charge in [0.25, 0.3) is 0 Å². The van der Waals surface area contributed by atoms with E-state index in [4.69, 9.17) is 4.42 Å². The molecule has 0 saturated heterocycles. The van der Waals surface area contributed by atoms with Crippen LogP contribution in [0.1, 0.15) is 18.2 Å². The van der Waals surface area contributed by atoms with Gasteiger partial charge in [0, 0.05) is 16.4 Å². The molecule has 0 aliphatic carbocycles. The first-order valence-corrected chi connectivity index (χ1v) is 5.16. The smallest absolute Gasteiger partial charge is 0.457 e. The first-order valence-electron chi connectivity index (χ1n) is 5.16. The van der Waals surface area contributed by atoms with Crippen molar-refractivity contribution in [3.8, 4) is 0 Å². The zero-order valence-electron chi connectivity index (χ0n) is 9.27. The van der Waals surface area contributed by atoms with E-state index >= 15 is 0 Å². The van der Waals surface area contributed by atoms with Crippen LogP contribution in [0.5, 0.6) is 0 Å². The quantitative estimate of drug-likeness (QED) is 0.756. The Labute approximate surface area is 94.2 Å². The molecule has 0 aliphatic rings. The van der Waals surface area contributed by atoms with Crippen LogP contribution < -0.4 is 0 Å². The van der Waals surface area contributed by atoms with Crippen LogP contribution >= 0.6 is 0 Å². The molecule has 1 aromatic heterocycles. The summed E-state index contributed by atoms with van der Waals surface area (Å²) < 4.78 is 5.62. The van der Waals surface area contributed by atoms with Gasteiger partial charge in [0.2, 0.25) is 0 Å². The molecular weight excluding hydrogens is 203 g/mol. The third-order valence-corrected chi connectivity index (χ3v) is 2.70. The molecule has 1 heterocycles. The van der Waals surface area contributed by atoms with Crippen LogP contribution in [0.25, 0.3) is 16.4 Å². The fourth-order valence-corrected chi connectivity index (χ4v) is 1.85. The van der Waals surface area contributed by atoms with Gasteiger partial charge in [0.05, 0.1) is 0 Å². The Morgan fingerprint density at radius 1 is 1.31 bits per heavy atom. The summed E-state index contributed by atoms with van der Waals surface area (Å²) in [7, 11) is -1.51. The van der Waals surface area contributed by atoms with Crippen molar-refractivity contribution in [2.45, 2.75) is 13.8 Å². The number of benzene rings is 1. The Bertz CT molecular complexity index is 540. The Morgan fingerprint density at radius 2 is 2.00 bits per heavy atom. The van der Waals surface area contributed by atoms with E-state index in [9.17, 15) is 10.0 Å². The van der Waals surface area contributed by atoms with E-state index in [-0.39, 0.29) is 0 Å². The first kappa shape index (κ1) is 11.0. The summed E-state index contributed by atoms with van der Waals surface area (Å²) in [6.07, 6.45) is 1.65. The zero-order valence-corrected chi connectivity index (χ0v) is 9.27. The van der Waals surface area contributed by atoms with Gasteiger partial charge in [0.15, 0.2) is 0 Å². The maximum atomic E-state index is 9.24. The van der Waals surface area contributed by atoms with Crippen LogP contribution in [0, 0.1) is 6.92 Å². The minimum atomic E-state index is -1.51. The average Bonchev–Trinajstić information content (AvgIpc) is 2.58. The molecule has 2 aromatic rings. The molecular formula is C12H13BO3. The standard InChI is InChI=1S/C12H13BO3/c1-3-10(13(14)15)12-8(2)9-6-4-5-7-11(9)16-12/h3-7,14-15H,1-2H3. The molecule has 0 aliphatic heterocycles. The Balaban J connectivity index is 2.66. The van der Waals surface area contributed by atoms with Gasteiger partial charge in [-0.3, -0.25) is 0 Å². The van der Waals surface area contributed by atoms with Crippen LogP contribution in [0.2, 0.25) is 0 Å². The van der Waals surface area contributed by atoms with E-state index in [0.29, 0.717) is 11.2 Å². The van der Waals surface area contributed by atoms with Gasteiger partial charge in [-0.2, -0.15) is 0 Å². The van der Waals surface area contributed by atoms with E-state index in [1.54, 1.807) is 13.0 Å². The van der Waals surface area contributed by atoms with Gasteiger partial charge >= 0.3 is 7.12 Å². The maximum Gasteiger partial charge on any atom is 0.491 e. The molecule has 0 radical (unpaired) electrons. The van der Waals surface area contributed by atoms with Crippen LogP contribution in [-0.2, 0) is 0 Å². The van der Waals surface area contributed by atoms with Crippen molar-refractivity contribution >= 4 is 23.6 Å². The molecule has 0 fully saturated rings. The predicted molar refractivity (Wildman–Crippen MR) is 64.8 cm³/mol. The van der Waals surface area contributed by atoms with Crippen LogP contribution in [0.4, 0.5) is 0 Å². The highest BCUT2D eigenvalue weighted by atomic mass is 16.4. The number of hydrogen-bond donors (Lipinski definition) is 2.